The van der Waals surface area contributed by atoms with Crippen LogP contribution in [0.4, 0.5) is 0 Å². The first-order valence-corrected chi connectivity index (χ1v) is 4.60. The Kier molecular flexibility index (Phi) is 5.21. The topological polar surface area (TPSA) is 89.9 Å². The molecular formula is C10H14O6. The van der Waals surface area contributed by atoms with Crippen LogP contribution >= 0.6 is 0 Å². The molecule has 0 radical (unpaired) electrons. The fourth-order valence-corrected chi connectivity index (χ4v) is 0.986. The zero-order chi connectivity index (χ0) is 12.8. The van der Waals surface area contributed by atoms with Gasteiger partial charge in [-0.2, -0.15) is 0 Å². The Labute approximate surface area is 92.8 Å². The molecule has 16 heavy (non-hydrogen) atoms. The lowest BCUT2D eigenvalue weighted by Crippen LogP contribution is -2.43. The van der Waals surface area contributed by atoms with E-state index in [1.807, 2.05) is 0 Å². The van der Waals surface area contributed by atoms with Crippen molar-refractivity contribution in [3.8, 4) is 0 Å². The lowest BCUT2D eigenvalue weighted by molar-refractivity contribution is -0.181. The van der Waals surface area contributed by atoms with E-state index in [2.05, 4.69) is 11.3 Å². The Morgan fingerprint density at radius 2 is 2.00 bits per heavy atom. The van der Waals surface area contributed by atoms with Gasteiger partial charge in [-0.3, -0.25) is 4.79 Å². The van der Waals surface area contributed by atoms with E-state index in [1.54, 1.807) is 6.92 Å². The second-order valence-electron chi connectivity index (χ2n) is 3.15. The van der Waals surface area contributed by atoms with Crippen LogP contribution in [0.15, 0.2) is 12.7 Å². The molecule has 0 aromatic heterocycles. The summed E-state index contributed by atoms with van der Waals surface area (Å²) in [5, 5.41) is 8.63. The average molecular weight is 230 g/mol. The van der Waals surface area contributed by atoms with Crippen LogP contribution < -0.4 is 0 Å². The molecule has 0 amide bonds. The third-order valence-electron chi connectivity index (χ3n) is 1.69. The number of carboxylic acids is 1. The van der Waals surface area contributed by atoms with Crippen molar-refractivity contribution in [3.63, 3.8) is 0 Å². The Hall–Kier alpha value is -1.85. The quantitative estimate of drug-likeness (QED) is 0.528. The van der Waals surface area contributed by atoms with Crippen LogP contribution in [0, 0.1) is 0 Å². The molecule has 0 spiro atoms. The predicted molar refractivity (Wildman–Crippen MR) is 53.6 cm³/mol. The summed E-state index contributed by atoms with van der Waals surface area (Å²) in [6.07, 6.45) is 0.185. The van der Waals surface area contributed by atoms with Crippen LogP contribution in [0.2, 0.25) is 0 Å². The van der Waals surface area contributed by atoms with E-state index in [4.69, 9.17) is 9.84 Å². The van der Waals surface area contributed by atoms with E-state index in [0.717, 1.165) is 6.08 Å². The van der Waals surface area contributed by atoms with Crippen LogP contribution in [-0.2, 0) is 23.9 Å². The van der Waals surface area contributed by atoms with Crippen molar-refractivity contribution < 1.29 is 29.0 Å². The summed E-state index contributed by atoms with van der Waals surface area (Å²) in [4.78, 5) is 33.0. The molecule has 0 aliphatic rings. The van der Waals surface area contributed by atoms with Crippen LogP contribution in [0.25, 0.3) is 0 Å². The number of esters is 2. The first kappa shape index (κ1) is 14.2. The summed E-state index contributed by atoms with van der Waals surface area (Å²) >= 11 is 0. The van der Waals surface area contributed by atoms with E-state index >= 15 is 0 Å². The molecule has 1 atom stereocenters. The minimum atomic E-state index is -1.83. The number of carbonyl (C=O) groups excluding carboxylic acids is 2. The summed E-state index contributed by atoms with van der Waals surface area (Å²) in [5.41, 5.74) is -1.83. The molecule has 0 saturated carbocycles. The van der Waals surface area contributed by atoms with Gasteiger partial charge in [0.1, 0.15) is 0 Å². The van der Waals surface area contributed by atoms with Gasteiger partial charge >= 0.3 is 17.9 Å². The standard InChI is InChI=1S/C10H14O6/c1-4-8(13)16-10(3,6-7(11)12)9(14)15-5-2/h4H,1,5-6H2,2-3H3,(H,11,12). The molecule has 6 heteroatoms. The van der Waals surface area contributed by atoms with Gasteiger partial charge in [-0.15, -0.1) is 0 Å². The molecule has 0 aromatic carbocycles. The second kappa shape index (κ2) is 5.89. The van der Waals surface area contributed by atoms with Crippen molar-refractivity contribution in [1.82, 2.24) is 0 Å². The predicted octanol–water partition coefficient (Wildman–Crippen LogP) is 0.512. The number of aliphatic carboxylic acids is 1. The summed E-state index contributed by atoms with van der Waals surface area (Å²) in [7, 11) is 0. The van der Waals surface area contributed by atoms with Crippen LogP contribution in [0.1, 0.15) is 20.3 Å². The lowest BCUT2D eigenvalue weighted by Gasteiger charge is -2.24. The first-order chi connectivity index (χ1) is 7.35. The van der Waals surface area contributed by atoms with Gasteiger partial charge in [0.15, 0.2) is 0 Å². The third kappa shape index (κ3) is 4.12. The molecule has 0 rings (SSSR count). The number of ether oxygens (including phenoxy) is 2. The maximum Gasteiger partial charge on any atom is 0.350 e. The number of hydrogen-bond donors (Lipinski definition) is 1. The van der Waals surface area contributed by atoms with E-state index in [-0.39, 0.29) is 6.61 Å². The van der Waals surface area contributed by atoms with Gasteiger partial charge < -0.3 is 14.6 Å². The van der Waals surface area contributed by atoms with Crippen molar-refractivity contribution >= 4 is 17.9 Å². The zero-order valence-electron chi connectivity index (χ0n) is 9.19. The highest BCUT2D eigenvalue weighted by Gasteiger charge is 2.41. The summed E-state index contributed by atoms with van der Waals surface area (Å²) in [6, 6.07) is 0. The Morgan fingerprint density at radius 3 is 2.38 bits per heavy atom. The Bertz CT molecular complexity index is 308. The first-order valence-electron chi connectivity index (χ1n) is 4.60. The fourth-order valence-electron chi connectivity index (χ4n) is 0.986. The normalized spacial score (nSPS) is 13.4. The number of carboxylic acid groups (broad SMARTS) is 1. The molecule has 0 bridgehead atoms. The Morgan fingerprint density at radius 1 is 1.44 bits per heavy atom. The molecule has 0 aromatic rings. The van der Waals surface area contributed by atoms with Crippen molar-refractivity contribution in [2.75, 3.05) is 6.61 Å². The molecule has 1 unspecified atom stereocenters. The third-order valence-corrected chi connectivity index (χ3v) is 1.69. The second-order valence-corrected chi connectivity index (χ2v) is 3.15. The van der Waals surface area contributed by atoms with Gasteiger partial charge in [0.2, 0.25) is 5.60 Å². The summed E-state index contributed by atoms with van der Waals surface area (Å²) < 4.78 is 9.34. The van der Waals surface area contributed by atoms with Gasteiger partial charge in [-0.05, 0) is 13.8 Å². The van der Waals surface area contributed by atoms with Crippen molar-refractivity contribution in [2.45, 2.75) is 25.9 Å². The van der Waals surface area contributed by atoms with Crippen molar-refractivity contribution in [1.29, 1.82) is 0 Å². The summed E-state index contributed by atoms with van der Waals surface area (Å²) in [5.74, 6) is -3.04. The maximum atomic E-state index is 11.5. The molecule has 0 saturated heterocycles. The van der Waals surface area contributed by atoms with Gasteiger partial charge in [0.25, 0.3) is 0 Å². The zero-order valence-corrected chi connectivity index (χ0v) is 9.19. The smallest absolute Gasteiger partial charge is 0.350 e. The number of carbonyl (C=O) groups is 3. The Balaban J connectivity index is 4.86. The van der Waals surface area contributed by atoms with Crippen LogP contribution in [-0.4, -0.2) is 35.2 Å². The lowest BCUT2D eigenvalue weighted by atomic mass is 10.0. The minimum absolute atomic E-state index is 0.0691. The molecule has 0 heterocycles. The summed E-state index contributed by atoms with van der Waals surface area (Å²) in [6.45, 7) is 5.97. The van der Waals surface area contributed by atoms with Crippen LogP contribution in [0.3, 0.4) is 0 Å². The molecule has 90 valence electrons. The van der Waals surface area contributed by atoms with Crippen molar-refractivity contribution in [3.05, 3.63) is 12.7 Å². The van der Waals surface area contributed by atoms with Gasteiger partial charge in [-0.25, -0.2) is 9.59 Å². The van der Waals surface area contributed by atoms with E-state index in [0.29, 0.717) is 0 Å². The largest absolute Gasteiger partial charge is 0.481 e. The minimum Gasteiger partial charge on any atom is -0.481 e. The molecule has 0 aliphatic carbocycles. The fraction of sp³-hybridized carbons (Fsp3) is 0.500. The van der Waals surface area contributed by atoms with Crippen LogP contribution in [0.5, 0.6) is 0 Å². The number of rotatable bonds is 6. The molecular weight excluding hydrogens is 216 g/mol. The maximum absolute atomic E-state index is 11.5. The van der Waals surface area contributed by atoms with E-state index in [9.17, 15) is 14.4 Å². The highest BCUT2D eigenvalue weighted by atomic mass is 16.6. The van der Waals surface area contributed by atoms with E-state index in [1.165, 1.54) is 6.92 Å². The molecule has 0 aliphatic heterocycles. The highest BCUT2D eigenvalue weighted by Crippen LogP contribution is 2.18. The average Bonchev–Trinajstić information content (AvgIpc) is 2.16. The monoisotopic (exact) mass is 230 g/mol. The van der Waals surface area contributed by atoms with Crippen molar-refractivity contribution in [2.24, 2.45) is 0 Å². The molecule has 6 nitrogen and oxygen atoms in total. The highest BCUT2D eigenvalue weighted by molar-refractivity contribution is 5.90. The number of hydrogen-bond acceptors (Lipinski definition) is 5. The van der Waals surface area contributed by atoms with Gasteiger partial charge in [0.05, 0.1) is 13.0 Å². The SMILES string of the molecule is C=CC(=O)OC(C)(CC(=O)O)C(=O)OCC. The van der Waals surface area contributed by atoms with Gasteiger partial charge in [0, 0.05) is 6.08 Å². The van der Waals surface area contributed by atoms with E-state index < -0.39 is 29.9 Å². The molecule has 1 N–H and O–H groups in total. The molecule has 0 fully saturated rings. The van der Waals surface area contributed by atoms with Gasteiger partial charge in [-0.1, -0.05) is 6.58 Å².